The van der Waals surface area contributed by atoms with Crippen LogP contribution in [0.5, 0.6) is 0 Å². The first-order valence-electron chi connectivity index (χ1n) is 9.04. The van der Waals surface area contributed by atoms with Gasteiger partial charge in [-0.2, -0.15) is 0 Å². The van der Waals surface area contributed by atoms with E-state index in [-0.39, 0.29) is 5.91 Å². The third-order valence-corrected chi connectivity index (χ3v) is 4.83. The highest BCUT2D eigenvalue weighted by molar-refractivity contribution is 5.72. The Morgan fingerprint density at radius 3 is 3.04 bits per heavy atom. The lowest BCUT2D eigenvalue weighted by Gasteiger charge is -2.24. The van der Waals surface area contributed by atoms with Crippen molar-refractivity contribution in [3.8, 4) is 0 Å². The molecule has 134 valence electrons. The lowest BCUT2D eigenvalue weighted by Crippen LogP contribution is -2.24. The number of likely N-dealkylation sites (tertiary alicyclic amines) is 1. The van der Waals surface area contributed by atoms with Crippen LogP contribution in [0, 0.1) is 6.92 Å². The van der Waals surface area contributed by atoms with Gasteiger partial charge >= 0.3 is 0 Å². The molecule has 1 aliphatic rings. The minimum Gasteiger partial charge on any atom is -0.351 e. The Hall–Kier alpha value is -2.21. The van der Waals surface area contributed by atoms with Crippen LogP contribution in [-0.2, 0) is 24.3 Å². The molecule has 1 unspecified atom stereocenters. The maximum Gasteiger partial charge on any atom is 0.217 e. The first kappa shape index (κ1) is 17.6. The van der Waals surface area contributed by atoms with Gasteiger partial charge in [-0.15, -0.1) is 0 Å². The van der Waals surface area contributed by atoms with E-state index in [0.29, 0.717) is 12.6 Å². The van der Waals surface area contributed by atoms with Crippen molar-refractivity contribution in [3.63, 3.8) is 0 Å². The largest absolute Gasteiger partial charge is 0.351 e. The van der Waals surface area contributed by atoms with Gasteiger partial charge in [-0.1, -0.05) is 6.92 Å². The second-order valence-electron chi connectivity index (χ2n) is 6.73. The van der Waals surface area contributed by atoms with Gasteiger partial charge in [0.15, 0.2) is 0 Å². The lowest BCUT2D eigenvalue weighted by atomic mass is 10.0. The van der Waals surface area contributed by atoms with Gasteiger partial charge in [-0.05, 0) is 44.0 Å². The quantitative estimate of drug-likeness (QED) is 0.847. The number of aromatic amines is 1. The predicted molar refractivity (Wildman–Crippen MR) is 96.8 cm³/mol. The molecular formula is C19H27N5O. The number of H-pyrrole nitrogens is 1. The first-order chi connectivity index (χ1) is 12.1. The molecule has 1 atom stereocenters. The van der Waals surface area contributed by atoms with Crippen molar-refractivity contribution in [1.82, 2.24) is 25.2 Å². The zero-order valence-corrected chi connectivity index (χ0v) is 15.3. The maximum atomic E-state index is 11.1. The molecule has 2 aromatic heterocycles. The summed E-state index contributed by atoms with van der Waals surface area (Å²) in [5.74, 6) is 1.03. The third-order valence-electron chi connectivity index (χ3n) is 4.83. The van der Waals surface area contributed by atoms with E-state index in [9.17, 15) is 4.79 Å². The molecular weight excluding hydrogens is 314 g/mol. The van der Waals surface area contributed by atoms with E-state index in [2.05, 4.69) is 46.2 Å². The predicted octanol–water partition coefficient (Wildman–Crippen LogP) is 2.65. The summed E-state index contributed by atoms with van der Waals surface area (Å²) in [5, 5.41) is 2.82. The van der Waals surface area contributed by atoms with E-state index in [0.717, 1.165) is 43.1 Å². The Labute approximate surface area is 149 Å². The number of nitrogens with one attached hydrogen (secondary N) is 2. The summed E-state index contributed by atoms with van der Waals surface area (Å²) in [7, 11) is 0. The topological polar surface area (TPSA) is 73.9 Å². The summed E-state index contributed by atoms with van der Waals surface area (Å²) in [6, 6.07) is 4.60. The Morgan fingerprint density at radius 2 is 2.32 bits per heavy atom. The Morgan fingerprint density at radius 1 is 1.48 bits per heavy atom. The van der Waals surface area contributed by atoms with Gasteiger partial charge in [0.25, 0.3) is 0 Å². The standard InChI is InChI=1S/C19H27N5O/c1-4-19-22-13(2)17(23-19)12-24-9-5-6-18(24)15-7-8-20-16(10-15)11-21-14(3)25/h7-8,10,18H,4-6,9,11-12H2,1-3H3,(H,21,25)(H,22,23). The Balaban J connectivity index is 1.73. The first-order valence-corrected chi connectivity index (χ1v) is 9.04. The molecule has 3 heterocycles. The number of hydrogen-bond donors (Lipinski definition) is 2. The number of aromatic nitrogens is 3. The maximum absolute atomic E-state index is 11.1. The van der Waals surface area contributed by atoms with Crippen molar-refractivity contribution >= 4 is 5.91 Å². The zero-order valence-electron chi connectivity index (χ0n) is 15.3. The van der Waals surface area contributed by atoms with E-state index < -0.39 is 0 Å². The van der Waals surface area contributed by atoms with Crippen molar-refractivity contribution in [1.29, 1.82) is 0 Å². The van der Waals surface area contributed by atoms with Crippen LogP contribution < -0.4 is 5.32 Å². The molecule has 2 N–H and O–H groups in total. The highest BCUT2D eigenvalue weighted by Crippen LogP contribution is 2.33. The average Bonchev–Trinajstić information content (AvgIpc) is 3.20. The van der Waals surface area contributed by atoms with Crippen molar-refractivity contribution in [3.05, 3.63) is 46.8 Å². The van der Waals surface area contributed by atoms with E-state index in [1.807, 2.05) is 6.20 Å². The van der Waals surface area contributed by atoms with E-state index in [1.54, 1.807) is 0 Å². The number of imidazole rings is 1. The van der Waals surface area contributed by atoms with Gasteiger partial charge in [0.05, 0.1) is 17.9 Å². The highest BCUT2D eigenvalue weighted by atomic mass is 16.1. The second-order valence-corrected chi connectivity index (χ2v) is 6.73. The zero-order chi connectivity index (χ0) is 17.8. The Kier molecular flexibility index (Phi) is 5.48. The minimum absolute atomic E-state index is 0.0320. The van der Waals surface area contributed by atoms with Crippen LogP contribution in [0.25, 0.3) is 0 Å². The fraction of sp³-hybridized carbons (Fsp3) is 0.526. The van der Waals surface area contributed by atoms with Crippen molar-refractivity contribution in [2.75, 3.05) is 6.54 Å². The van der Waals surface area contributed by atoms with Gasteiger partial charge in [-0.3, -0.25) is 14.7 Å². The number of rotatable bonds is 6. The van der Waals surface area contributed by atoms with Crippen LogP contribution in [0.15, 0.2) is 18.3 Å². The number of hydrogen-bond acceptors (Lipinski definition) is 4. The fourth-order valence-electron chi connectivity index (χ4n) is 3.49. The number of nitrogens with zero attached hydrogens (tertiary/aromatic N) is 3. The summed E-state index contributed by atoms with van der Waals surface area (Å²) in [6.07, 6.45) is 5.12. The van der Waals surface area contributed by atoms with Gasteiger partial charge in [0.1, 0.15) is 5.82 Å². The number of carbonyl (C=O) groups excluding carboxylic acids is 1. The van der Waals surface area contributed by atoms with Crippen molar-refractivity contribution in [2.45, 2.75) is 59.2 Å². The third kappa shape index (κ3) is 4.25. The Bertz CT molecular complexity index is 739. The molecule has 0 aromatic carbocycles. The van der Waals surface area contributed by atoms with Crippen molar-refractivity contribution < 1.29 is 4.79 Å². The van der Waals surface area contributed by atoms with E-state index in [4.69, 9.17) is 4.98 Å². The molecule has 0 spiro atoms. The summed E-state index contributed by atoms with van der Waals surface area (Å²) < 4.78 is 0. The summed E-state index contributed by atoms with van der Waals surface area (Å²) in [5.41, 5.74) is 4.50. The van der Waals surface area contributed by atoms with E-state index >= 15 is 0 Å². The fourth-order valence-corrected chi connectivity index (χ4v) is 3.49. The molecule has 1 saturated heterocycles. The molecule has 1 fully saturated rings. The van der Waals surface area contributed by atoms with Gasteiger partial charge in [0, 0.05) is 37.8 Å². The summed E-state index contributed by atoms with van der Waals surface area (Å²) in [4.78, 5) is 26.1. The SMILES string of the molecule is CCc1nc(CN2CCCC2c2ccnc(CNC(C)=O)c2)c(C)[nH]1. The lowest BCUT2D eigenvalue weighted by molar-refractivity contribution is -0.119. The minimum atomic E-state index is -0.0320. The van der Waals surface area contributed by atoms with Crippen LogP contribution in [-0.4, -0.2) is 32.3 Å². The molecule has 6 nitrogen and oxygen atoms in total. The molecule has 1 amide bonds. The monoisotopic (exact) mass is 341 g/mol. The molecule has 25 heavy (non-hydrogen) atoms. The van der Waals surface area contributed by atoms with Gasteiger partial charge in [0.2, 0.25) is 5.91 Å². The molecule has 2 aromatic rings. The normalized spacial score (nSPS) is 17.8. The van der Waals surface area contributed by atoms with Crippen LogP contribution >= 0.6 is 0 Å². The second kappa shape index (κ2) is 7.78. The number of carbonyl (C=O) groups is 1. The molecule has 6 heteroatoms. The summed E-state index contributed by atoms with van der Waals surface area (Å²) in [6.45, 7) is 8.19. The van der Waals surface area contributed by atoms with Crippen molar-refractivity contribution in [2.24, 2.45) is 0 Å². The average molecular weight is 341 g/mol. The molecule has 0 radical (unpaired) electrons. The van der Waals surface area contributed by atoms with Crippen LogP contribution in [0.4, 0.5) is 0 Å². The van der Waals surface area contributed by atoms with Crippen LogP contribution in [0.1, 0.15) is 61.2 Å². The molecule has 0 aliphatic carbocycles. The van der Waals surface area contributed by atoms with E-state index in [1.165, 1.54) is 24.6 Å². The molecule has 0 saturated carbocycles. The highest BCUT2D eigenvalue weighted by Gasteiger charge is 2.27. The summed E-state index contributed by atoms with van der Waals surface area (Å²) >= 11 is 0. The van der Waals surface area contributed by atoms with Crippen LogP contribution in [0.3, 0.4) is 0 Å². The molecule has 0 bridgehead atoms. The molecule has 1 aliphatic heterocycles. The number of pyridine rings is 1. The smallest absolute Gasteiger partial charge is 0.217 e. The molecule has 3 rings (SSSR count). The van der Waals surface area contributed by atoms with Gasteiger partial charge in [-0.25, -0.2) is 4.98 Å². The van der Waals surface area contributed by atoms with Crippen LogP contribution in [0.2, 0.25) is 0 Å². The number of amides is 1. The number of aryl methyl sites for hydroxylation is 2. The van der Waals surface area contributed by atoms with Gasteiger partial charge < -0.3 is 10.3 Å².